The fraction of sp³-hybridized carbons (Fsp3) is 0.857. The van der Waals surface area contributed by atoms with Crippen LogP contribution in [0, 0.1) is 5.92 Å². The number of amides is 2. The number of carbonyl (C=O) groups is 2. The van der Waals surface area contributed by atoms with Gasteiger partial charge in [-0.3, -0.25) is 4.79 Å². The van der Waals surface area contributed by atoms with Crippen molar-refractivity contribution < 1.29 is 19.4 Å². The number of rotatable bonds is 7. The maximum atomic E-state index is 12.0. The number of likely N-dealkylation sites (tertiary alicyclic amines) is 1. The Labute approximate surface area is 120 Å². The van der Waals surface area contributed by atoms with Crippen molar-refractivity contribution in [2.75, 3.05) is 26.2 Å². The third-order valence-electron chi connectivity index (χ3n) is 3.56. The number of hydrogen-bond acceptors (Lipinski definition) is 3. The third kappa shape index (κ3) is 5.36. The summed E-state index contributed by atoms with van der Waals surface area (Å²) in [5.74, 6) is -1.38. The van der Waals surface area contributed by atoms with E-state index in [-0.39, 0.29) is 18.7 Å². The summed E-state index contributed by atoms with van der Waals surface area (Å²) in [5, 5.41) is 11.7. The number of carboxylic acid groups (broad SMARTS) is 1. The van der Waals surface area contributed by atoms with Crippen LogP contribution in [0.3, 0.4) is 0 Å². The molecule has 1 aliphatic rings. The zero-order chi connectivity index (χ0) is 15.0. The molecule has 0 saturated carbocycles. The highest BCUT2D eigenvalue weighted by Crippen LogP contribution is 2.13. The van der Waals surface area contributed by atoms with Gasteiger partial charge in [-0.2, -0.15) is 0 Å². The fourth-order valence-corrected chi connectivity index (χ4v) is 2.27. The van der Waals surface area contributed by atoms with Crippen molar-refractivity contribution >= 4 is 12.0 Å². The standard InChI is InChI=1S/C14H26N2O4/c1-3-8-20-12-6-5-7-16(10-12)14(19)15-9-11(4-2)13(17)18/h11-12H,3-10H2,1-2H3,(H,15,19)(H,17,18). The molecule has 0 aromatic rings. The smallest absolute Gasteiger partial charge is 0.317 e. The van der Waals surface area contributed by atoms with Crippen molar-refractivity contribution in [3.63, 3.8) is 0 Å². The molecule has 116 valence electrons. The largest absolute Gasteiger partial charge is 0.481 e. The van der Waals surface area contributed by atoms with Crippen LogP contribution < -0.4 is 5.32 Å². The molecule has 1 rings (SSSR count). The van der Waals surface area contributed by atoms with Gasteiger partial charge >= 0.3 is 12.0 Å². The molecular weight excluding hydrogens is 260 g/mol. The Morgan fingerprint density at radius 1 is 1.45 bits per heavy atom. The molecule has 0 aromatic carbocycles. The van der Waals surface area contributed by atoms with Crippen LogP contribution in [0.25, 0.3) is 0 Å². The van der Waals surface area contributed by atoms with Gasteiger partial charge < -0.3 is 20.1 Å². The summed E-state index contributed by atoms with van der Waals surface area (Å²) < 4.78 is 5.68. The average Bonchev–Trinajstić information content (AvgIpc) is 2.45. The van der Waals surface area contributed by atoms with Crippen molar-refractivity contribution in [3.8, 4) is 0 Å². The van der Waals surface area contributed by atoms with Gasteiger partial charge in [0.15, 0.2) is 0 Å². The maximum Gasteiger partial charge on any atom is 0.317 e. The molecule has 1 aliphatic heterocycles. The zero-order valence-corrected chi connectivity index (χ0v) is 12.4. The summed E-state index contributed by atoms with van der Waals surface area (Å²) in [5.41, 5.74) is 0. The van der Waals surface area contributed by atoms with Gasteiger partial charge in [-0.1, -0.05) is 13.8 Å². The van der Waals surface area contributed by atoms with E-state index in [0.29, 0.717) is 19.5 Å². The minimum atomic E-state index is -0.865. The highest BCUT2D eigenvalue weighted by Gasteiger charge is 2.25. The Hall–Kier alpha value is -1.30. The van der Waals surface area contributed by atoms with Crippen LogP contribution in [0.2, 0.25) is 0 Å². The molecule has 1 saturated heterocycles. The van der Waals surface area contributed by atoms with Gasteiger partial charge in [-0.05, 0) is 25.7 Å². The molecular formula is C14H26N2O4. The summed E-state index contributed by atoms with van der Waals surface area (Å²) in [6, 6.07) is -0.186. The van der Waals surface area contributed by atoms with Crippen LogP contribution in [0.15, 0.2) is 0 Å². The van der Waals surface area contributed by atoms with E-state index in [1.807, 2.05) is 0 Å². The second-order valence-electron chi connectivity index (χ2n) is 5.21. The second kappa shape index (κ2) is 8.79. The van der Waals surface area contributed by atoms with Crippen molar-refractivity contribution in [3.05, 3.63) is 0 Å². The first-order chi connectivity index (χ1) is 9.58. The van der Waals surface area contributed by atoms with Crippen LogP contribution in [0.1, 0.15) is 39.5 Å². The molecule has 1 heterocycles. The van der Waals surface area contributed by atoms with E-state index in [0.717, 1.165) is 25.9 Å². The van der Waals surface area contributed by atoms with Crippen LogP contribution in [0.5, 0.6) is 0 Å². The predicted molar refractivity (Wildman–Crippen MR) is 75.7 cm³/mol. The predicted octanol–water partition coefficient (Wildman–Crippen LogP) is 1.70. The summed E-state index contributed by atoms with van der Waals surface area (Å²) in [6.45, 7) is 6.07. The Morgan fingerprint density at radius 2 is 2.20 bits per heavy atom. The topological polar surface area (TPSA) is 78.9 Å². The molecule has 2 amide bonds. The normalized spacial score (nSPS) is 20.5. The van der Waals surface area contributed by atoms with Crippen LogP contribution in [-0.4, -0.2) is 54.4 Å². The number of carboxylic acids is 1. The molecule has 0 spiro atoms. The fourth-order valence-electron chi connectivity index (χ4n) is 2.27. The highest BCUT2D eigenvalue weighted by molar-refractivity contribution is 5.76. The number of piperidine rings is 1. The molecule has 2 unspecified atom stereocenters. The number of nitrogens with zero attached hydrogens (tertiary/aromatic N) is 1. The Balaban J connectivity index is 2.36. The third-order valence-corrected chi connectivity index (χ3v) is 3.56. The van der Waals surface area contributed by atoms with Crippen molar-refractivity contribution in [1.29, 1.82) is 0 Å². The summed E-state index contributed by atoms with van der Waals surface area (Å²) in [6.07, 6.45) is 3.50. The molecule has 0 radical (unpaired) electrons. The zero-order valence-electron chi connectivity index (χ0n) is 12.4. The molecule has 6 heteroatoms. The number of hydrogen-bond donors (Lipinski definition) is 2. The van der Waals surface area contributed by atoms with Crippen molar-refractivity contribution in [2.45, 2.75) is 45.6 Å². The van der Waals surface area contributed by atoms with Gasteiger partial charge in [0.2, 0.25) is 0 Å². The first-order valence-electron chi connectivity index (χ1n) is 7.45. The first-order valence-corrected chi connectivity index (χ1v) is 7.45. The Morgan fingerprint density at radius 3 is 2.80 bits per heavy atom. The van der Waals surface area contributed by atoms with E-state index in [1.54, 1.807) is 11.8 Å². The van der Waals surface area contributed by atoms with Crippen molar-refractivity contribution in [2.24, 2.45) is 5.92 Å². The molecule has 0 bridgehead atoms. The van der Waals surface area contributed by atoms with E-state index in [2.05, 4.69) is 12.2 Å². The van der Waals surface area contributed by atoms with E-state index in [9.17, 15) is 9.59 Å². The van der Waals surface area contributed by atoms with E-state index >= 15 is 0 Å². The van der Waals surface area contributed by atoms with E-state index in [4.69, 9.17) is 9.84 Å². The molecule has 1 fully saturated rings. The highest BCUT2D eigenvalue weighted by atomic mass is 16.5. The monoisotopic (exact) mass is 286 g/mol. The van der Waals surface area contributed by atoms with E-state index in [1.165, 1.54) is 0 Å². The van der Waals surface area contributed by atoms with Crippen LogP contribution >= 0.6 is 0 Å². The van der Waals surface area contributed by atoms with Gasteiger partial charge in [0.1, 0.15) is 0 Å². The summed E-state index contributed by atoms with van der Waals surface area (Å²) in [4.78, 5) is 24.7. The number of carbonyl (C=O) groups excluding carboxylic acids is 1. The summed E-state index contributed by atoms with van der Waals surface area (Å²) in [7, 11) is 0. The average molecular weight is 286 g/mol. The van der Waals surface area contributed by atoms with Gasteiger partial charge in [-0.15, -0.1) is 0 Å². The molecule has 0 aliphatic carbocycles. The molecule has 2 N–H and O–H groups in total. The van der Waals surface area contributed by atoms with Gasteiger partial charge in [0.05, 0.1) is 12.0 Å². The lowest BCUT2D eigenvalue weighted by Crippen LogP contribution is -2.49. The molecule has 2 atom stereocenters. The van der Waals surface area contributed by atoms with E-state index < -0.39 is 11.9 Å². The number of ether oxygens (including phenoxy) is 1. The van der Waals surface area contributed by atoms with Crippen LogP contribution in [-0.2, 0) is 9.53 Å². The van der Waals surface area contributed by atoms with Crippen LogP contribution in [0.4, 0.5) is 4.79 Å². The lowest BCUT2D eigenvalue weighted by atomic mass is 10.1. The number of aliphatic carboxylic acids is 1. The first kappa shape index (κ1) is 16.8. The minimum Gasteiger partial charge on any atom is -0.481 e. The van der Waals surface area contributed by atoms with Crippen molar-refractivity contribution in [1.82, 2.24) is 10.2 Å². The quantitative estimate of drug-likeness (QED) is 0.746. The Bertz CT molecular complexity index is 322. The minimum absolute atomic E-state index is 0.107. The van der Waals surface area contributed by atoms with Gasteiger partial charge in [0.25, 0.3) is 0 Å². The van der Waals surface area contributed by atoms with Gasteiger partial charge in [0, 0.05) is 26.2 Å². The lowest BCUT2D eigenvalue weighted by Gasteiger charge is -2.32. The Kier molecular flexibility index (Phi) is 7.36. The number of urea groups is 1. The van der Waals surface area contributed by atoms with Gasteiger partial charge in [-0.25, -0.2) is 4.79 Å². The second-order valence-corrected chi connectivity index (χ2v) is 5.21. The number of nitrogens with one attached hydrogen (secondary N) is 1. The lowest BCUT2D eigenvalue weighted by molar-refractivity contribution is -0.141. The maximum absolute atomic E-state index is 12.0. The summed E-state index contributed by atoms with van der Waals surface area (Å²) >= 11 is 0. The molecule has 0 aromatic heterocycles. The SMILES string of the molecule is CCCOC1CCCN(C(=O)NCC(CC)C(=O)O)C1. The molecule has 6 nitrogen and oxygen atoms in total. The molecule has 20 heavy (non-hydrogen) atoms.